The van der Waals surface area contributed by atoms with Gasteiger partial charge in [0.1, 0.15) is 19.3 Å². The Morgan fingerprint density at radius 2 is 1.34 bits per heavy atom. The highest BCUT2D eigenvalue weighted by Crippen LogP contribution is 2.43. The topological polar surface area (TPSA) is 194 Å². The minimum atomic E-state index is -0.702. The van der Waals surface area contributed by atoms with Crippen LogP contribution in [0.4, 0.5) is 28.4 Å². The lowest BCUT2D eigenvalue weighted by molar-refractivity contribution is -0.145. The van der Waals surface area contributed by atoms with Gasteiger partial charge in [-0.1, -0.05) is 36.4 Å². The number of rotatable bonds is 14. The SMILES string of the molecule is COc1cc2c(cc1OCc1cc(COc3cc4c(cc3OC)C(=O)N3c5ccccc5C[C@H]3C(=O)N4)cc(N(C)CCCC(=O)On3c(O)ccc3O)c1)N=C[C@@H]1Cc3ccccc3N1C2=O. The van der Waals surface area contributed by atoms with Gasteiger partial charge in [0, 0.05) is 80.4 Å². The minimum absolute atomic E-state index is 0.0174. The molecule has 0 saturated heterocycles. The van der Waals surface area contributed by atoms with Crippen molar-refractivity contribution in [2.45, 2.75) is 51.0 Å². The van der Waals surface area contributed by atoms with Crippen LogP contribution in [0.2, 0.25) is 0 Å². The molecule has 17 heteroatoms. The summed E-state index contributed by atoms with van der Waals surface area (Å²) in [5, 5.41) is 22.7. The van der Waals surface area contributed by atoms with E-state index >= 15 is 0 Å². The summed E-state index contributed by atoms with van der Waals surface area (Å²) >= 11 is 0. The van der Waals surface area contributed by atoms with Gasteiger partial charge in [-0.2, -0.15) is 0 Å². The molecular weight excluding hydrogens is 873 g/mol. The Morgan fingerprint density at radius 3 is 2.01 bits per heavy atom. The summed E-state index contributed by atoms with van der Waals surface area (Å²) in [7, 11) is 4.86. The number of para-hydroxylation sites is 2. The Balaban J connectivity index is 0.905. The lowest BCUT2D eigenvalue weighted by Crippen LogP contribution is -2.42. The number of hydrogen-bond donors (Lipinski definition) is 3. The second-order valence-corrected chi connectivity index (χ2v) is 16.9. The van der Waals surface area contributed by atoms with Gasteiger partial charge >= 0.3 is 5.97 Å². The summed E-state index contributed by atoms with van der Waals surface area (Å²) < 4.78 is 25.0. The van der Waals surface area contributed by atoms with Gasteiger partial charge in [0.2, 0.25) is 17.7 Å². The first kappa shape index (κ1) is 43.4. The summed E-state index contributed by atoms with van der Waals surface area (Å²) in [6.07, 6.45) is 3.20. The lowest BCUT2D eigenvalue weighted by atomic mass is 10.1. The molecule has 3 N–H and O–H groups in total. The van der Waals surface area contributed by atoms with Crippen LogP contribution in [0, 0.1) is 0 Å². The molecule has 2 atom stereocenters. The van der Waals surface area contributed by atoms with Gasteiger partial charge in [-0.25, -0.2) is 4.79 Å². The van der Waals surface area contributed by atoms with Crippen molar-refractivity contribution in [3.63, 3.8) is 0 Å². The molecule has 0 saturated carbocycles. The number of amides is 3. The quantitative estimate of drug-likeness (QED) is 0.104. The van der Waals surface area contributed by atoms with Crippen LogP contribution in [0.15, 0.2) is 108 Å². The van der Waals surface area contributed by atoms with Crippen molar-refractivity contribution in [3.05, 3.63) is 137 Å². The van der Waals surface area contributed by atoms with E-state index in [1.807, 2.05) is 78.7 Å². The molecule has 4 aliphatic heterocycles. The highest BCUT2D eigenvalue weighted by molar-refractivity contribution is 6.20. The molecule has 6 aromatic rings. The van der Waals surface area contributed by atoms with E-state index in [2.05, 4.69) is 5.32 Å². The number of hydrogen-bond acceptors (Lipinski definition) is 13. The second kappa shape index (κ2) is 17.7. The highest BCUT2D eigenvalue weighted by atomic mass is 16.7. The maximum absolute atomic E-state index is 14.1. The zero-order chi connectivity index (χ0) is 47.2. The number of carbonyl (C=O) groups excluding carboxylic acids is 4. The molecule has 346 valence electrons. The van der Waals surface area contributed by atoms with Crippen LogP contribution >= 0.6 is 0 Å². The molecular formula is C51H46N6O11. The van der Waals surface area contributed by atoms with Crippen molar-refractivity contribution in [1.29, 1.82) is 0 Å². The van der Waals surface area contributed by atoms with E-state index in [0.29, 0.717) is 76.2 Å². The van der Waals surface area contributed by atoms with Gasteiger partial charge < -0.3 is 44.2 Å². The third kappa shape index (κ3) is 8.01. The molecule has 0 unspecified atom stereocenters. The monoisotopic (exact) mass is 918 g/mol. The number of carbonyl (C=O) groups is 4. The van der Waals surface area contributed by atoms with Crippen LogP contribution in [0.5, 0.6) is 34.8 Å². The fraction of sp³-hybridized carbons (Fsp3) is 0.235. The van der Waals surface area contributed by atoms with E-state index in [1.54, 1.807) is 40.3 Å². The van der Waals surface area contributed by atoms with Crippen molar-refractivity contribution in [3.8, 4) is 34.8 Å². The summed E-state index contributed by atoms with van der Waals surface area (Å²) in [5.74, 6) is -0.972. The van der Waals surface area contributed by atoms with Crippen LogP contribution < -0.4 is 43.8 Å². The Labute approximate surface area is 390 Å². The van der Waals surface area contributed by atoms with E-state index in [9.17, 15) is 29.4 Å². The maximum atomic E-state index is 14.1. The van der Waals surface area contributed by atoms with Crippen LogP contribution in [-0.2, 0) is 35.6 Å². The first-order chi connectivity index (χ1) is 33.0. The maximum Gasteiger partial charge on any atom is 0.333 e. The van der Waals surface area contributed by atoms with Gasteiger partial charge in [0.15, 0.2) is 23.0 Å². The number of ether oxygens (including phenoxy) is 4. The van der Waals surface area contributed by atoms with Crippen molar-refractivity contribution < 1.29 is 53.2 Å². The lowest BCUT2D eigenvalue weighted by Gasteiger charge is -2.22. The van der Waals surface area contributed by atoms with E-state index in [4.69, 9.17) is 28.8 Å². The molecule has 0 radical (unpaired) electrons. The number of aromatic nitrogens is 1. The average Bonchev–Trinajstić information content (AvgIpc) is 3.98. The number of nitrogens with zero attached hydrogens (tertiary/aromatic N) is 5. The normalized spacial score (nSPS) is 16.3. The van der Waals surface area contributed by atoms with Crippen LogP contribution in [-0.4, -0.2) is 84.7 Å². The molecule has 0 aliphatic carbocycles. The second-order valence-electron chi connectivity index (χ2n) is 16.9. The third-order valence-electron chi connectivity index (χ3n) is 12.6. The van der Waals surface area contributed by atoms with Crippen molar-refractivity contribution in [2.24, 2.45) is 4.99 Å². The van der Waals surface area contributed by atoms with E-state index in [1.165, 1.54) is 26.4 Å². The van der Waals surface area contributed by atoms with E-state index in [-0.39, 0.29) is 49.0 Å². The van der Waals surface area contributed by atoms with Gasteiger partial charge in [0.05, 0.1) is 42.8 Å². The number of aliphatic imine (C=N–C) groups is 1. The van der Waals surface area contributed by atoms with Crippen molar-refractivity contribution in [2.75, 3.05) is 47.8 Å². The molecule has 10 rings (SSSR count). The Bertz CT molecular complexity index is 3040. The molecule has 0 fully saturated rings. The van der Waals surface area contributed by atoms with Crippen LogP contribution in [0.3, 0.4) is 0 Å². The number of benzene rings is 5. The Hall–Kier alpha value is -8.47. The molecule has 0 bridgehead atoms. The van der Waals surface area contributed by atoms with Gasteiger partial charge in [-0.05, 0) is 71.1 Å². The average molecular weight is 919 g/mol. The molecule has 68 heavy (non-hydrogen) atoms. The van der Waals surface area contributed by atoms with Gasteiger partial charge in [0.25, 0.3) is 11.8 Å². The van der Waals surface area contributed by atoms with Gasteiger partial charge in [-0.3, -0.25) is 29.2 Å². The van der Waals surface area contributed by atoms with Crippen LogP contribution in [0.25, 0.3) is 0 Å². The molecule has 1 aromatic heterocycles. The predicted octanol–water partition coefficient (Wildman–Crippen LogP) is 6.76. The largest absolute Gasteiger partial charge is 0.493 e. The van der Waals surface area contributed by atoms with Gasteiger partial charge in [-0.15, -0.1) is 4.73 Å². The number of anilines is 4. The molecule has 4 aliphatic rings. The fourth-order valence-corrected chi connectivity index (χ4v) is 9.18. The Kier molecular flexibility index (Phi) is 11.3. The zero-order valence-electron chi connectivity index (χ0n) is 37.3. The molecule has 17 nitrogen and oxygen atoms in total. The highest BCUT2D eigenvalue weighted by Gasteiger charge is 2.42. The first-order valence-corrected chi connectivity index (χ1v) is 22.0. The number of nitrogens with one attached hydrogen (secondary N) is 1. The summed E-state index contributed by atoms with van der Waals surface area (Å²) in [6.45, 7) is 0.506. The summed E-state index contributed by atoms with van der Waals surface area (Å²) in [6, 6.07) is 29.2. The molecule has 5 heterocycles. The smallest absolute Gasteiger partial charge is 0.333 e. The third-order valence-corrected chi connectivity index (χ3v) is 12.6. The van der Waals surface area contributed by atoms with E-state index < -0.39 is 23.8 Å². The first-order valence-electron chi connectivity index (χ1n) is 22.0. The fourth-order valence-electron chi connectivity index (χ4n) is 9.18. The van der Waals surface area contributed by atoms with Crippen LogP contribution in [0.1, 0.15) is 55.8 Å². The van der Waals surface area contributed by atoms with E-state index in [0.717, 1.165) is 33.6 Å². The number of aromatic hydroxyl groups is 2. The summed E-state index contributed by atoms with van der Waals surface area (Å²) in [4.78, 5) is 69.5. The number of fused-ring (bicyclic) bond motifs is 8. The number of methoxy groups -OCH3 is 2. The predicted molar refractivity (Wildman–Crippen MR) is 251 cm³/mol. The zero-order valence-corrected chi connectivity index (χ0v) is 37.3. The minimum Gasteiger partial charge on any atom is -0.493 e. The van der Waals surface area contributed by atoms with Crippen molar-refractivity contribution >= 4 is 58.3 Å². The molecule has 0 spiro atoms. The standard InChI is InChI=1S/C51H46N6O11/c1-54(16-8-13-48(60)68-57-46(58)14-15-47(57)59)33-18-29(27-66-44-24-37-35(22-42(44)64-2)50(62)55-34(26-52-37)20-31-9-4-6-11-39(31)55)17-30(19-33)28-67-45-25-38-36(23-43(45)65-3)51(63)56-40-12-7-5-10-32(40)21-41(56)49(61)53-38/h4-7,9-12,14-15,17-19,22-26,34,41,58-59H,8,13,16,20-21,27-28H2,1-3H3,(H,53,61)/t34-,41-/m0/s1. The van der Waals surface area contributed by atoms with Crippen molar-refractivity contribution in [1.82, 2.24) is 4.73 Å². The Morgan fingerprint density at radius 1 is 0.735 bits per heavy atom. The molecule has 3 amide bonds. The summed E-state index contributed by atoms with van der Waals surface area (Å²) in [5.41, 5.74) is 7.20. The molecule has 5 aromatic carbocycles.